The number of amides is 1. The van der Waals surface area contributed by atoms with Gasteiger partial charge in [-0.2, -0.15) is 9.49 Å². The van der Waals surface area contributed by atoms with Crippen LogP contribution in [0.5, 0.6) is 0 Å². The van der Waals surface area contributed by atoms with Crippen LogP contribution in [0.15, 0.2) is 42.7 Å². The lowest BCUT2D eigenvalue weighted by molar-refractivity contribution is 0.0705. The van der Waals surface area contributed by atoms with Crippen LogP contribution in [0, 0.1) is 5.95 Å². The Hall–Kier alpha value is -2.96. The summed E-state index contributed by atoms with van der Waals surface area (Å²) in [6.45, 7) is 1.31. The van der Waals surface area contributed by atoms with Gasteiger partial charge in [-0.05, 0) is 43.2 Å². The molecule has 7 heteroatoms. The average molecular weight is 339 g/mol. The van der Waals surface area contributed by atoms with E-state index in [1.807, 2.05) is 24.4 Å². The zero-order valence-electron chi connectivity index (χ0n) is 13.6. The van der Waals surface area contributed by atoms with Crippen LogP contribution in [-0.2, 0) is 0 Å². The van der Waals surface area contributed by atoms with Crippen LogP contribution in [0.2, 0.25) is 0 Å². The van der Waals surface area contributed by atoms with Gasteiger partial charge in [-0.15, -0.1) is 0 Å². The van der Waals surface area contributed by atoms with Crippen molar-refractivity contribution in [2.45, 2.75) is 18.8 Å². The molecule has 0 aromatic carbocycles. The normalized spacial score (nSPS) is 17.6. The van der Waals surface area contributed by atoms with E-state index < -0.39 is 5.95 Å². The molecule has 0 bridgehead atoms. The number of rotatable bonds is 3. The molecule has 0 radical (unpaired) electrons. The van der Waals surface area contributed by atoms with E-state index in [1.165, 1.54) is 18.3 Å². The van der Waals surface area contributed by atoms with E-state index >= 15 is 0 Å². The van der Waals surface area contributed by atoms with E-state index in [0.717, 1.165) is 29.9 Å². The number of hydrogen-bond donors (Lipinski definition) is 2. The van der Waals surface area contributed by atoms with Crippen molar-refractivity contribution < 1.29 is 9.18 Å². The Morgan fingerprint density at radius 1 is 1.32 bits per heavy atom. The predicted octanol–water partition coefficient (Wildman–Crippen LogP) is 2.96. The van der Waals surface area contributed by atoms with Gasteiger partial charge in [0.2, 0.25) is 5.95 Å². The summed E-state index contributed by atoms with van der Waals surface area (Å²) < 4.78 is 12.9. The minimum absolute atomic E-state index is 0.110. The fraction of sp³-hybridized carbons (Fsp3) is 0.278. The number of halogens is 1. The van der Waals surface area contributed by atoms with Crippen molar-refractivity contribution in [3.05, 3.63) is 59.9 Å². The van der Waals surface area contributed by atoms with Crippen LogP contribution < -0.4 is 0 Å². The van der Waals surface area contributed by atoms with Crippen LogP contribution >= 0.6 is 0 Å². The fourth-order valence-electron chi connectivity index (χ4n) is 3.27. The maximum atomic E-state index is 12.9. The van der Waals surface area contributed by atoms with Gasteiger partial charge in [-0.25, -0.2) is 4.98 Å². The Bertz CT molecular complexity index is 856. The molecule has 1 aliphatic heterocycles. The van der Waals surface area contributed by atoms with Gasteiger partial charge < -0.3 is 9.88 Å². The number of aromatic amines is 2. The van der Waals surface area contributed by atoms with Gasteiger partial charge in [0.25, 0.3) is 5.91 Å². The SMILES string of the molecule is O=C(c1ccc(F)nc1)N1CCC[C@H](c2cc(-c3ccc[nH]3)n[nH]2)C1. The number of hydrogen-bond acceptors (Lipinski definition) is 3. The summed E-state index contributed by atoms with van der Waals surface area (Å²) in [4.78, 5) is 21.1. The van der Waals surface area contributed by atoms with E-state index in [0.29, 0.717) is 18.7 Å². The highest BCUT2D eigenvalue weighted by Gasteiger charge is 2.27. The number of pyridine rings is 1. The van der Waals surface area contributed by atoms with Gasteiger partial charge in [-0.1, -0.05) is 0 Å². The van der Waals surface area contributed by atoms with Gasteiger partial charge in [0.15, 0.2) is 0 Å². The molecule has 6 nitrogen and oxygen atoms in total. The zero-order chi connectivity index (χ0) is 17.2. The Kier molecular flexibility index (Phi) is 4.05. The van der Waals surface area contributed by atoms with Gasteiger partial charge in [0, 0.05) is 37.1 Å². The molecule has 1 fully saturated rings. The van der Waals surface area contributed by atoms with E-state index in [4.69, 9.17) is 0 Å². The molecule has 1 amide bonds. The van der Waals surface area contributed by atoms with Crippen molar-refractivity contribution in [3.8, 4) is 11.4 Å². The van der Waals surface area contributed by atoms with Crippen molar-refractivity contribution in [3.63, 3.8) is 0 Å². The first-order valence-corrected chi connectivity index (χ1v) is 8.30. The molecule has 1 saturated heterocycles. The van der Waals surface area contributed by atoms with Gasteiger partial charge in [0.1, 0.15) is 5.69 Å². The molecule has 25 heavy (non-hydrogen) atoms. The van der Waals surface area contributed by atoms with E-state index in [-0.39, 0.29) is 11.8 Å². The average Bonchev–Trinajstić information content (AvgIpc) is 3.33. The highest BCUT2D eigenvalue weighted by Crippen LogP contribution is 2.28. The highest BCUT2D eigenvalue weighted by atomic mass is 19.1. The lowest BCUT2D eigenvalue weighted by Gasteiger charge is -2.32. The maximum Gasteiger partial charge on any atom is 0.255 e. The Balaban J connectivity index is 1.49. The molecule has 4 heterocycles. The second-order valence-corrected chi connectivity index (χ2v) is 6.25. The lowest BCUT2D eigenvalue weighted by Crippen LogP contribution is -2.39. The number of carbonyl (C=O) groups excluding carboxylic acids is 1. The monoisotopic (exact) mass is 339 g/mol. The van der Waals surface area contributed by atoms with E-state index in [2.05, 4.69) is 20.2 Å². The van der Waals surface area contributed by atoms with Gasteiger partial charge in [0.05, 0.1) is 11.3 Å². The molecule has 0 aliphatic carbocycles. The molecule has 2 N–H and O–H groups in total. The van der Waals surface area contributed by atoms with Crippen LogP contribution in [0.3, 0.4) is 0 Å². The van der Waals surface area contributed by atoms with E-state index in [9.17, 15) is 9.18 Å². The van der Waals surface area contributed by atoms with E-state index in [1.54, 1.807) is 4.90 Å². The molecule has 3 aromatic rings. The molecule has 1 atom stereocenters. The number of carbonyl (C=O) groups is 1. The van der Waals surface area contributed by atoms with Crippen molar-refractivity contribution in [1.82, 2.24) is 25.1 Å². The van der Waals surface area contributed by atoms with Crippen LogP contribution in [-0.4, -0.2) is 44.1 Å². The highest BCUT2D eigenvalue weighted by molar-refractivity contribution is 5.94. The number of nitrogens with one attached hydrogen (secondary N) is 2. The summed E-state index contributed by atoms with van der Waals surface area (Å²) in [7, 11) is 0. The molecule has 0 saturated carbocycles. The summed E-state index contributed by atoms with van der Waals surface area (Å²) in [5.74, 6) is -0.481. The number of H-pyrrole nitrogens is 2. The topological polar surface area (TPSA) is 77.7 Å². The number of likely N-dealkylation sites (tertiary alicyclic amines) is 1. The Morgan fingerprint density at radius 2 is 2.24 bits per heavy atom. The molecule has 128 valence electrons. The van der Waals surface area contributed by atoms with Crippen molar-refractivity contribution in [2.75, 3.05) is 13.1 Å². The summed E-state index contributed by atoms with van der Waals surface area (Å²) in [5.41, 5.74) is 3.27. The Morgan fingerprint density at radius 3 is 3.00 bits per heavy atom. The molecule has 1 aliphatic rings. The zero-order valence-corrected chi connectivity index (χ0v) is 13.6. The number of nitrogens with zero attached hydrogens (tertiary/aromatic N) is 3. The first-order chi connectivity index (χ1) is 12.2. The summed E-state index contributed by atoms with van der Waals surface area (Å²) in [6.07, 6.45) is 5.07. The molecular formula is C18H18FN5O. The largest absolute Gasteiger partial charge is 0.360 e. The molecular weight excluding hydrogens is 321 g/mol. The summed E-state index contributed by atoms with van der Waals surface area (Å²) >= 11 is 0. The third kappa shape index (κ3) is 3.17. The quantitative estimate of drug-likeness (QED) is 0.720. The standard InChI is InChI=1S/C18H18FN5O/c19-17-6-5-12(10-21-17)18(25)24-8-2-3-13(11-24)15-9-16(23-22-15)14-4-1-7-20-14/h1,4-7,9-10,13,20H,2-3,8,11H2,(H,22,23)/t13-/m0/s1. The van der Waals surface area contributed by atoms with Crippen molar-refractivity contribution >= 4 is 5.91 Å². The van der Waals surface area contributed by atoms with Crippen LogP contribution in [0.4, 0.5) is 4.39 Å². The van der Waals surface area contributed by atoms with Gasteiger partial charge in [-0.3, -0.25) is 9.89 Å². The molecule has 0 unspecified atom stereocenters. The summed E-state index contributed by atoms with van der Waals surface area (Å²) in [6, 6.07) is 8.63. The summed E-state index contributed by atoms with van der Waals surface area (Å²) in [5, 5.41) is 7.46. The second-order valence-electron chi connectivity index (χ2n) is 6.25. The smallest absolute Gasteiger partial charge is 0.255 e. The van der Waals surface area contributed by atoms with Crippen LogP contribution in [0.25, 0.3) is 11.4 Å². The number of aromatic nitrogens is 4. The molecule has 4 rings (SSSR count). The molecule has 3 aromatic heterocycles. The van der Waals surface area contributed by atoms with Gasteiger partial charge >= 0.3 is 0 Å². The third-order valence-electron chi connectivity index (χ3n) is 4.59. The predicted molar refractivity (Wildman–Crippen MR) is 90.4 cm³/mol. The minimum atomic E-state index is -0.581. The second kappa shape index (κ2) is 6.51. The van der Waals surface area contributed by atoms with Crippen molar-refractivity contribution in [1.29, 1.82) is 0 Å². The first-order valence-electron chi connectivity index (χ1n) is 8.30. The fourth-order valence-corrected chi connectivity index (χ4v) is 3.27. The molecule has 0 spiro atoms. The lowest BCUT2D eigenvalue weighted by atomic mass is 9.94. The maximum absolute atomic E-state index is 12.9. The third-order valence-corrected chi connectivity index (χ3v) is 4.59. The Labute approximate surface area is 144 Å². The van der Waals surface area contributed by atoms with Crippen LogP contribution in [0.1, 0.15) is 34.8 Å². The first kappa shape index (κ1) is 15.6. The number of piperidine rings is 1. The minimum Gasteiger partial charge on any atom is -0.360 e. The van der Waals surface area contributed by atoms with Crippen molar-refractivity contribution in [2.24, 2.45) is 0 Å².